The van der Waals surface area contributed by atoms with Crippen molar-refractivity contribution in [2.45, 2.75) is 39.3 Å². The van der Waals surface area contributed by atoms with Gasteiger partial charge >= 0.3 is 5.97 Å². The maximum absolute atomic E-state index is 12.0. The van der Waals surface area contributed by atoms with Gasteiger partial charge in [-0.25, -0.2) is 4.79 Å². The number of amides is 1. The molecular formula is C19H28N2O4. The summed E-state index contributed by atoms with van der Waals surface area (Å²) in [4.78, 5) is 26.1. The molecule has 1 amide bonds. The Morgan fingerprint density at radius 3 is 2.56 bits per heavy atom. The van der Waals surface area contributed by atoms with Crippen LogP contribution in [0.4, 0.5) is 0 Å². The lowest BCUT2D eigenvalue weighted by atomic mass is 10.1. The first-order chi connectivity index (χ1) is 12.1. The number of esters is 1. The van der Waals surface area contributed by atoms with Gasteiger partial charge < -0.3 is 14.8 Å². The van der Waals surface area contributed by atoms with E-state index in [0.29, 0.717) is 5.56 Å². The van der Waals surface area contributed by atoms with Gasteiger partial charge in [0.05, 0.1) is 18.8 Å². The maximum atomic E-state index is 12.0. The number of benzene rings is 1. The standard InChI is InChI=1S/C19H28N2O4/c1-3-4-15(2)20-18(22)14-25-19(23)17-7-5-16(6-8-17)13-21-9-11-24-12-10-21/h5-8,15H,3-4,9-14H2,1-2H3,(H,20,22)/t15-/m0/s1. The number of nitrogens with one attached hydrogen (secondary N) is 1. The van der Waals surface area contributed by atoms with E-state index in [2.05, 4.69) is 17.1 Å². The van der Waals surface area contributed by atoms with Gasteiger partial charge in [0.2, 0.25) is 0 Å². The first-order valence-electron chi connectivity index (χ1n) is 8.94. The molecule has 1 aliphatic heterocycles. The number of rotatable bonds is 8. The lowest BCUT2D eigenvalue weighted by Gasteiger charge is -2.26. The van der Waals surface area contributed by atoms with Crippen molar-refractivity contribution in [1.29, 1.82) is 0 Å². The monoisotopic (exact) mass is 348 g/mol. The summed E-state index contributed by atoms with van der Waals surface area (Å²) in [5, 5.41) is 2.81. The molecular weight excluding hydrogens is 320 g/mol. The van der Waals surface area contributed by atoms with E-state index in [1.807, 2.05) is 19.1 Å². The molecule has 0 saturated carbocycles. The van der Waals surface area contributed by atoms with Crippen molar-refractivity contribution in [3.8, 4) is 0 Å². The molecule has 25 heavy (non-hydrogen) atoms. The van der Waals surface area contributed by atoms with Crippen LogP contribution in [0.3, 0.4) is 0 Å². The Labute approximate surface area is 149 Å². The van der Waals surface area contributed by atoms with Crippen molar-refractivity contribution in [3.05, 3.63) is 35.4 Å². The van der Waals surface area contributed by atoms with E-state index >= 15 is 0 Å². The number of hydrogen-bond donors (Lipinski definition) is 1. The molecule has 0 aliphatic carbocycles. The van der Waals surface area contributed by atoms with E-state index < -0.39 is 5.97 Å². The topological polar surface area (TPSA) is 67.9 Å². The van der Waals surface area contributed by atoms with Gasteiger partial charge in [-0.05, 0) is 31.0 Å². The van der Waals surface area contributed by atoms with Crippen LogP contribution >= 0.6 is 0 Å². The van der Waals surface area contributed by atoms with Crippen molar-refractivity contribution in [2.75, 3.05) is 32.9 Å². The molecule has 0 spiro atoms. The summed E-state index contributed by atoms with van der Waals surface area (Å²) in [7, 11) is 0. The summed E-state index contributed by atoms with van der Waals surface area (Å²) in [5.41, 5.74) is 1.60. The van der Waals surface area contributed by atoms with Crippen LogP contribution in [0.2, 0.25) is 0 Å². The van der Waals surface area contributed by atoms with E-state index in [0.717, 1.165) is 51.3 Å². The molecule has 0 unspecified atom stereocenters. The molecule has 1 heterocycles. The predicted octanol–water partition coefficient (Wildman–Crippen LogP) is 1.98. The van der Waals surface area contributed by atoms with Crippen LogP contribution in [-0.4, -0.2) is 55.7 Å². The minimum atomic E-state index is -0.476. The van der Waals surface area contributed by atoms with Crippen LogP contribution in [0.25, 0.3) is 0 Å². The van der Waals surface area contributed by atoms with Gasteiger partial charge in [0.25, 0.3) is 5.91 Å². The molecule has 1 saturated heterocycles. The molecule has 0 radical (unpaired) electrons. The average Bonchev–Trinajstić information content (AvgIpc) is 2.61. The van der Waals surface area contributed by atoms with E-state index in [-0.39, 0.29) is 18.6 Å². The fourth-order valence-corrected chi connectivity index (χ4v) is 2.80. The van der Waals surface area contributed by atoms with Crippen molar-refractivity contribution < 1.29 is 19.1 Å². The Morgan fingerprint density at radius 2 is 1.92 bits per heavy atom. The molecule has 1 N–H and O–H groups in total. The predicted molar refractivity (Wildman–Crippen MR) is 95.3 cm³/mol. The van der Waals surface area contributed by atoms with Crippen LogP contribution in [-0.2, 0) is 20.8 Å². The van der Waals surface area contributed by atoms with Gasteiger partial charge in [0.1, 0.15) is 0 Å². The number of morpholine rings is 1. The fourth-order valence-electron chi connectivity index (χ4n) is 2.80. The molecule has 1 aromatic rings. The van der Waals surface area contributed by atoms with Crippen LogP contribution in [0.5, 0.6) is 0 Å². The Hall–Kier alpha value is -1.92. The minimum absolute atomic E-state index is 0.0932. The third-order valence-electron chi connectivity index (χ3n) is 4.16. The lowest BCUT2D eigenvalue weighted by Crippen LogP contribution is -2.35. The quantitative estimate of drug-likeness (QED) is 0.728. The van der Waals surface area contributed by atoms with Crippen molar-refractivity contribution in [3.63, 3.8) is 0 Å². The maximum Gasteiger partial charge on any atom is 0.338 e. The molecule has 1 aliphatic rings. The number of carbonyl (C=O) groups excluding carboxylic acids is 2. The highest BCUT2D eigenvalue weighted by atomic mass is 16.5. The Kier molecular flexibility index (Phi) is 7.88. The normalized spacial score (nSPS) is 16.2. The highest BCUT2D eigenvalue weighted by Crippen LogP contribution is 2.10. The second kappa shape index (κ2) is 10.2. The van der Waals surface area contributed by atoms with Gasteiger partial charge in [-0.3, -0.25) is 9.69 Å². The number of carbonyl (C=O) groups is 2. The summed E-state index contributed by atoms with van der Waals surface area (Å²) >= 11 is 0. The van der Waals surface area contributed by atoms with Crippen LogP contribution in [0.1, 0.15) is 42.6 Å². The smallest absolute Gasteiger partial charge is 0.338 e. The van der Waals surface area contributed by atoms with Crippen LogP contribution < -0.4 is 5.32 Å². The van der Waals surface area contributed by atoms with Crippen molar-refractivity contribution >= 4 is 11.9 Å². The molecule has 0 bridgehead atoms. The molecule has 2 rings (SSSR count). The third kappa shape index (κ3) is 6.84. The highest BCUT2D eigenvalue weighted by molar-refractivity contribution is 5.91. The molecule has 0 aromatic heterocycles. The summed E-state index contributed by atoms with van der Waals surface area (Å²) in [6, 6.07) is 7.44. The van der Waals surface area contributed by atoms with Gasteiger partial charge in [-0.2, -0.15) is 0 Å². The number of ether oxygens (including phenoxy) is 2. The van der Waals surface area contributed by atoms with Crippen LogP contribution in [0.15, 0.2) is 24.3 Å². The molecule has 1 aromatic carbocycles. The van der Waals surface area contributed by atoms with Gasteiger partial charge in [-0.1, -0.05) is 25.5 Å². The Morgan fingerprint density at radius 1 is 1.24 bits per heavy atom. The van der Waals surface area contributed by atoms with E-state index in [4.69, 9.17) is 9.47 Å². The SMILES string of the molecule is CCC[C@H](C)NC(=O)COC(=O)c1ccc(CN2CCOCC2)cc1. The molecule has 1 atom stereocenters. The third-order valence-corrected chi connectivity index (χ3v) is 4.16. The summed E-state index contributed by atoms with van der Waals surface area (Å²) in [6.45, 7) is 7.98. The zero-order chi connectivity index (χ0) is 18.1. The zero-order valence-electron chi connectivity index (χ0n) is 15.1. The van der Waals surface area contributed by atoms with Gasteiger partial charge in [0.15, 0.2) is 6.61 Å². The Balaban J connectivity index is 1.76. The van der Waals surface area contributed by atoms with Gasteiger partial charge in [-0.15, -0.1) is 0 Å². The average molecular weight is 348 g/mol. The summed E-state index contributed by atoms with van der Waals surface area (Å²) in [5.74, 6) is -0.741. The highest BCUT2D eigenvalue weighted by Gasteiger charge is 2.13. The largest absolute Gasteiger partial charge is 0.452 e. The van der Waals surface area contributed by atoms with Crippen molar-refractivity contribution in [2.24, 2.45) is 0 Å². The molecule has 1 fully saturated rings. The fraction of sp³-hybridized carbons (Fsp3) is 0.579. The molecule has 6 nitrogen and oxygen atoms in total. The van der Waals surface area contributed by atoms with Gasteiger partial charge in [0, 0.05) is 25.7 Å². The van der Waals surface area contributed by atoms with E-state index in [1.165, 1.54) is 0 Å². The van der Waals surface area contributed by atoms with E-state index in [9.17, 15) is 9.59 Å². The summed E-state index contributed by atoms with van der Waals surface area (Å²) in [6.07, 6.45) is 1.91. The second-order valence-corrected chi connectivity index (χ2v) is 6.42. The Bertz CT molecular complexity index is 553. The minimum Gasteiger partial charge on any atom is -0.452 e. The van der Waals surface area contributed by atoms with E-state index in [1.54, 1.807) is 12.1 Å². The first-order valence-corrected chi connectivity index (χ1v) is 8.94. The number of hydrogen-bond acceptors (Lipinski definition) is 5. The number of nitrogens with zero attached hydrogens (tertiary/aromatic N) is 1. The summed E-state index contributed by atoms with van der Waals surface area (Å²) < 4.78 is 10.4. The second-order valence-electron chi connectivity index (χ2n) is 6.42. The first kappa shape index (κ1) is 19.4. The lowest BCUT2D eigenvalue weighted by molar-refractivity contribution is -0.124. The van der Waals surface area contributed by atoms with Crippen LogP contribution in [0, 0.1) is 0 Å². The van der Waals surface area contributed by atoms with Crippen molar-refractivity contribution in [1.82, 2.24) is 10.2 Å². The molecule has 138 valence electrons. The molecule has 6 heteroatoms. The zero-order valence-corrected chi connectivity index (χ0v) is 15.1.